The summed E-state index contributed by atoms with van der Waals surface area (Å²) in [6.45, 7) is 1.47. The van der Waals surface area contributed by atoms with Crippen LogP contribution in [-0.4, -0.2) is 15.8 Å². The van der Waals surface area contributed by atoms with Gasteiger partial charge in [0, 0.05) is 6.42 Å². The Labute approximate surface area is 83.0 Å². The van der Waals surface area contributed by atoms with E-state index in [1.165, 1.54) is 6.92 Å². The third kappa shape index (κ3) is 2.86. The fourth-order valence-corrected chi connectivity index (χ4v) is 1.15. The molecule has 2 nitrogen and oxygen atoms in total. The molecule has 0 amide bonds. The largest absolute Gasteiger partial charge is 0.381 e. The van der Waals surface area contributed by atoms with Crippen molar-refractivity contribution in [1.82, 2.24) is 0 Å². The first-order valence-electron chi connectivity index (χ1n) is 4.02. The molecule has 3 heteroatoms. The number of aliphatic hydroxyl groups is 1. The van der Waals surface area contributed by atoms with Gasteiger partial charge in [-0.1, -0.05) is 30.3 Å². The third-order valence-electron chi connectivity index (χ3n) is 1.85. The van der Waals surface area contributed by atoms with E-state index in [1.54, 1.807) is 0 Å². The van der Waals surface area contributed by atoms with Crippen LogP contribution in [0.4, 0.5) is 0 Å². The summed E-state index contributed by atoms with van der Waals surface area (Å²) in [5.74, 6) is 0. The molecule has 0 bridgehead atoms. The second kappa shape index (κ2) is 3.94. The Hall–Kier alpha value is -0.800. The van der Waals surface area contributed by atoms with Gasteiger partial charge in [0.2, 0.25) is 5.12 Å². The van der Waals surface area contributed by atoms with Crippen molar-refractivity contribution >= 4 is 17.7 Å². The maximum atomic E-state index is 10.9. The van der Waals surface area contributed by atoms with E-state index >= 15 is 0 Å². The highest BCUT2D eigenvalue weighted by Gasteiger charge is 2.27. The van der Waals surface area contributed by atoms with Crippen LogP contribution in [0.25, 0.3) is 0 Å². The Morgan fingerprint density at radius 3 is 2.46 bits per heavy atom. The normalized spacial score (nSPS) is 15.0. The number of benzene rings is 1. The van der Waals surface area contributed by atoms with Crippen molar-refractivity contribution < 1.29 is 9.90 Å². The molecule has 70 valence electrons. The summed E-state index contributed by atoms with van der Waals surface area (Å²) < 4.78 is 0. The number of carbonyl (C=O) groups excluding carboxylic acids is 1. The second-order valence-electron chi connectivity index (χ2n) is 3.24. The van der Waals surface area contributed by atoms with Gasteiger partial charge < -0.3 is 5.11 Å². The Bertz CT molecular complexity index is 293. The van der Waals surface area contributed by atoms with Gasteiger partial charge in [-0.2, -0.15) is 0 Å². The fourth-order valence-electron chi connectivity index (χ4n) is 1.07. The standard InChI is InChI=1S/C10H12O2S/c1-10(12,9(11)13)7-8-5-3-2-4-6-8/h2-6,12H,7H2,1H3,(H,11,13). The van der Waals surface area contributed by atoms with Crippen LogP contribution >= 0.6 is 12.6 Å². The highest BCUT2D eigenvalue weighted by Crippen LogP contribution is 2.15. The van der Waals surface area contributed by atoms with Crippen molar-refractivity contribution in [2.24, 2.45) is 0 Å². The molecule has 1 N–H and O–H groups in total. The van der Waals surface area contributed by atoms with Crippen molar-refractivity contribution in [2.45, 2.75) is 18.9 Å². The van der Waals surface area contributed by atoms with Crippen molar-refractivity contribution in [1.29, 1.82) is 0 Å². The van der Waals surface area contributed by atoms with Gasteiger partial charge in [0.25, 0.3) is 0 Å². The zero-order valence-corrected chi connectivity index (χ0v) is 8.29. The number of hydrogen-bond acceptors (Lipinski definition) is 2. The maximum absolute atomic E-state index is 10.9. The van der Waals surface area contributed by atoms with Gasteiger partial charge in [0.1, 0.15) is 5.60 Å². The van der Waals surface area contributed by atoms with E-state index in [-0.39, 0.29) is 0 Å². The minimum Gasteiger partial charge on any atom is -0.381 e. The van der Waals surface area contributed by atoms with Gasteiger partial charge in [-0.05, 0) is 12.5 Å². The molecule has 0 aliphatic rings. The highest BCUT2D eigenvalue weighted by molar-refractivity contribution is 7.96. The minimum atomic E-state index is -1.37. The first kappa shape index (κ1) is 10.3. The van der Waals surface area contributed by atoms with E-state index in [0.29, 0.717) is 6.42 Å². The van der Waals surface area contributed by atoms with Gasteiger partial charge in [-0.25, -0.2) is 0 Å². The topological polar surface area (TPSA) is 37.3 Å². The van der Waals surface area contributed by atoms with Crippen molar-refractivity contribution in [3.63, 3.8) is 0 Å². The van der Waals surface area contributed by atoms with E-state index in [0.717, 1.165) is 5.56 Å². The Kier molecular flexibility index (Phi) is 3.12. The van der Waals surface area contributed by atoms with Crippen LogP contribution in [0.1, 0.15) is 12.5 Å². The predicted octanol–water partition coefficient (Wildman–Crippen LogP) is 1.44. The van der Waals surface area contributed by atoms with E-state index in [9.17, 15) is 9.90 Å². The molecule has 1 aromatic carbocycles. The maximum Gasteiger partial charge on any atom is 0.217 e. The summed E-state index contributed by atoms with van der Waals surface area (Å²) in [6, 6.07) is 9.36. The second-order valence-corrected chi connectivity index (χ2v) is 3.65. The molecule has 1 atom stereocenters. The first-order chi connectivity index (χ1) is 6.02. The molecule has 0 fully saturated rings. The first-order valence-corrected chi connectivity index (χ1v) is 4.47. The van der Waals surface area contributed by atoms with Crippen LogP contribution in [0.2, 0.25) is 0 Å². The Morgan fingerprint density at radius 1 is 1.46 bits per heavy atom. The van der Waals surface area contributed by atoms with Gasteiger partial charge in [0.05, 0.1) is 0 Å². The molecule has 0 radical (unpaired) electrons. The summed E-state index contributed by atoms with van der Waals surface area (Å²) in [5, 5.41) is 9.12. The smallest absolute Gasteiger partial charge is 0.217 e. The SMILES string of the molecule is CC(O)(Cc1ccccc1)C(=O)S. The lowest BCUT2D eigenvalue weighted by Gasteiger charge is -2.18. The monoisotopic (exact) mass is 196 g/mol. The molecule has 0 aromatic heterocycles. The molecule has 0 aliphatic heterocycles. The number of carbonyl (C=O) groups is 1. The summed E-state index contributed by atoms with van der Waals surface area (Å²) in [6.07, 6.45) is 0.302. The molecule has 1 rings (SSSR count). The molecule has 0 spiro atoms. The fraction of sp³-hybridized carbons (Fsp3) is 0.300. The lowest BCUT2D eigenvalue weighted by atomic mass is 9.98. The average molecular weight is 196 g/mol. The average Bonchev–Trinajstić information content (AvgIpc) is 2.05. The molecular weight excluding hydrogens is 184 g/mol. The summed E-state index contributed by atoms with van der Waals surface area (Å²) >= 11 is 3.62. The molecule has 0 heterocycles. The zero-order chi connectivity index (χ0) is 9.90. The van der Waals surface area contributed by atoms with Gasteiger partial charge in [0.15, 0.2) is 0 Å². The van der Waals surface area contributed by atoms with E-state index in [1.807, 2.05) is 30.3 Å². The molecule has 1 aromatic rings. The molecule has 13 heavy (non-hydrogen) atoms. The molecule has 0 aliphatic carbocycles. The number of rotatable bonds is 3. The highest BCUT2D eigenvalue weighted by atomic mass is 32.1. The van der Waals surface area contributed by atoms with Crippen LogP contribution in [0, 0.1) is 0 Å². The van der Waals surface area contributed by atoms with Crippen LogP contribution < -0.4 is 0 Å². The number of hydrogen-bond donors (Lipinski definition) is 2. The Morgan fingerprint density at radius 2 is 2.00 bits per heavy atom. The molecule has 0 saturated heterocycles. The van der Waals surface area contributed by atoms with Crippen LogP contribution in [-0.2, 0) is 11.2 Å². The lowest BCUT2D eigenvalue weighted by molar-refractivity contribution is -0.125. The van der Waals surface area contributed by atoms with Crippen molar-refractivity contribution in [2.75, 3.05) is 0 Å². The lowest BCUT2D eigenvalue weighted by Crippen LogP contribution is -2.34. The van der Waals surface area contributed by atoms with Gasteiger partial charge in [-0.3, -0.25) is 4.79 Å². The predicted molar refractivity (Wildman–Crippen MR) is 54.8 cm³/mol. The number of thiol groups is 1. The zero-order valence-electron chi connectivity index (χ0n) is 7.40. The van der Waals surface area contributed by atoms with Crippen molar-refractivity contribution in [3.8, 4) is 0 Å². The Balaban J connectivity index is 2.75. The van der Waals surface area contributed by atoms with Crippen LogP contribution in [0.15, 0.2) is 30.3 Å². The van der Waals surface area contributed by atoms with Crippen molar-refractivity contribution in [3.05, 3.63) is 35.9 Å². The summed E-state index contributed by atoms with van der Waals surface area (Å²) in [4.78, 5) is 10.9. The van der Waals surface area contributed by atoms with E-state index < -0.39 is 10.7 Å². The quantitative estimate of drug-likeness (QED) is 0.718. The third-order valence-corrected chi connectivity index (χ3v) is 2.33. The van der Waals surface area contributed by atoms with Crippen LogP contribution in [0.3, 0.4) is 0 Å². The van der Waals surface area contributed by atoms with Gasteiger partial charge >= 0.3 is 0 Å². The van der Waals surface area contributed by atoms with E-state index in [4.69, 9.17) is 0 Å². The molecule has 1 unspecified atom stereocenters. The summed E-state index contributed by atoms with van der Waals surface area (Å²) in [5.41, 5.74) is -0.445. The molecule has 0 saturated carbocycles. The molecular formula is C10H12O2S. The van der Waals surface area contributed by atoms with E-state index in [2.05, 4.69) is 12.6 Å². The minimum absolute atomic E-state index is 0.302. The van der Waals surface area contributed by atoms with Gasteiger partial charge in [-0.15, -0.1) is 12.6 Å². The summed E-state index contributed by atoms with van der Waals surface area (Å²) in [7, 11) is 0. The van der Waals surface area contributed by atoms with Crippen LogP contribution in [0.5, 0.6) is 0 Å².